The molecule has 0 bridgehead atoms. The van der Waals surface area contributed by atoms with Crippen molar-refractivity contribution in [2.24, 2.45) is 5.92 Å². The summed E-state index contributed by atoms with van der Waals surface area (Å²) in [5.74, 6) is -1.16. The van der Waals surface area contributed by atoms with Crippen molar-refractivity contribution in [1.29, 1.82) is 0 Å². The van der Waals surface area contributed by atoms with E-state index in [4.69, 9.17) is 11.6 Å². The van der Waals surface area contributed by atoms with E-state index in [9.17, 15) is 9.90 Å². The van der Waals surface area contributed by atoms with Gasteiger partial charge in [0.2, 0.25) is 0 Å². The van der Waals surface area contributed by atoms with E-state index in [0.717, 1.165) is 12.2 Å². The summed E-state index contributed by atoms with van der Waals surface area (Å²) >= 11 is 5.98. The highest BCUT2D eigenvalue weighted by molar-refractivity contribution is 6.30. The van der Waals surface area contributed by atoms with Crippen LogP contribution in [0.5, 0.6) is 0 Å². The van der Waals surface area contributed by atoms with E-state index < -0.39 is 11.9 Å². The summed E-state index contributed by atoms with van der Waals surface area (Å²) in [5.41, 5.74) is 0.976. The first-order valence-electron chi connectivity index (χ1n) is 6.03. The van der Waals surface area contributed by atoms with Crippen LogP contribution in [0.4, 0.5) is 5.69 Å². The average molecular weight is 269 g/mol. The maximum absolute atomic E-state index is 11.2. The number of aliphatic carboxylic acids is 1. The summed E-state index contributed by atoms with van der Waals surface area (Å²) in [6, 6.07) is 7.80. The minimum Gasteiger partial charge on any atom is -0.481 e. The molecule has 1 aliphatic heterocycles. The molecule has 4 nitrogen and oxygen atoms in total. The molecule has 2 rings (SSSR count). The molecule has 5 heteroatoms. The van der Waals surface area contributed by atoms with Gasteiger partial charge in [0.1, 0.15) is 0 Å². The number of hydrogen-bond acceptors (Lipinski definition) is 3. The first kappa shape index (κ1) is 13.2. The zero-order chi connectivity index (χ0) is 13.1. The Labute approximate surface area is 112 Å². The van der Waals surface area contributed by atoms with Gasteiger partial charge in [0.25, 0.3) is 0 Å². The predicted molar refractivity (Wildman–Crippen MR) is 72.3 cm³/mol. The number of anilines is 1. The van der Waals surface area contributed by atoms with Gasteiger partial charge in [-0.25, -0.2) is 0 Å². The Morgan fingerprint density at radius 2 is 2.28 bits per heavy atom. The number of carboxylic acid groups (broad SMARTS) is 1. The van der Waals surface area contributed by atoms with Gasteiger partial charge < -0.3 is 15.3 Å². The van der Waals surface area contributed by atoms with Crippen LogP contribution >= 0.6 is 11.6 Å². The van der Waals surface area contributed by atoms with Gasteiger partial charge in [0.05, 0.1) is 5.92 Å². The first-order chi connectivity index (χ1) is 8.56. The van der Waals surface area contributed by atoms with Gasteiger partial charge in [-0.15, -0.1) is 0 Å². The van der Waals surface area contributed by atoms with Crippen LogP contribution in [-0.2, 0) is 4.79 Å². The molecule has 0 aromatic heterocycles. The van der Waals surface area contributed by atoms with Crippen molar-refractivity contribution < 1.29 is 9.90 Å². The Balaban J connectivity index is 2.21. The Bertz CT molecular complexity index is 439. The van der Waals surface area contributed by atoms with E-state index in [0.29, 0.717) is 18.1 Å². The smallest absolute Gasteiger partial charge is 0.309 e. The highest BCUT2D eigenvalue weighted by Crippen LogP contribution is 2.22. The van der Waals surface area contributed by atoms with Crippen LogP contribution in [0.15, 0.2) is 24.3 Å². The third-order valence-corrected chi connectivity index (χ3v) is 3.41. The first-order valence-corrected chi connectivity index (χ1v) is 6.41. The summed E-state index contributed by atoms with van der Waals surface area (Å²) in [5, 5.41) is 13.1. The van der Waals surface area contributed by atoms with Gasteiger partial charge in [0, 0.05) is 36.4 Å². The molecule has 0 aliphatic carbocycles. The fourth-order valence-electron chi connectivity index (χ4n) is 2.19. The van der Waals surface area contributed by atoms with Crippen molar-refractivity contribution in [2.45, 2.75) is 13.0 Å². The molecule has 1 heterocycles. The maximum atomic E-state index is 11.2. The standard InChI is InChI=1S/C13H17ClN2O2/c1-9-7-16(8-10(6-15-9)13(17)18)12-4-2-3-11(14)5-12/h2-5,9-10,15H,6-8H2,1H3,(H,17,18). The van der Waals surface area contributed by atoms with E-state index in [2.05, 4.69) is 17.1 Å². The number of carboxylic acids is 1. The number of nitrogens with one attached hydrogen (secondary N) is 1. The maximum Gasteiger partial charge on any atom is 0.309 e. The highest BCUT2D eigenvalue weighted by atomic mass is 35.5. The number of nitrogens with zero attached hydrogens (tertiary/aromatic N) is 1. The van der Waals surface area contributed by atoms with Crippen molar-refractivity contribution in [2.75, 3.05) is 24.5 Å². The fraction of sp³-hybridized carbons (Fsp3) is 0.462. The largest absolute Gasteiger partial charge is 0.481 e. The van der Waals surface area contributed by atoms with Crippen LogP contribution in [-0.4, -0.2) is 36.8 Å². The summed E-state index contributed by atoms with van der Waals surface area (Å²) in [6.45, 7) is 3.85. The lowest BCUT2D eigenvalue weighted by Crippen LogP contribution is -2.35. The molecule has 0 spiro atoms. The molecule has 1 fully saturated rings. The van der Waals surface area contributed by atoms with Gasteiger partial charge in [-0.1, -0.05) is 17.7 Å². The van der Waals surface area contributed by atoms with Gasteiger partial charge >= 0.3 is 5.97 Å². The third-order valence-electron chi connectivity index (χ3n) is 3.17. The highest BCUT2D eigenvalue weighted by Gasteiger charge is 2.26. The van der Waals surface area contributed by atoms with Crippen molar-refractivity contribution in [3.05, 3.63) is 29.3 Å². The quantitative estimate of drug-likeness (QED) is 0.859. The second-order valence-corrected chi connectivity index (χ2v) is 5.17. The van der Waals surface area contributed by atoms with E-state index in [1.54, 1.807) is 0 Å². The molecule has 1 aliphatic rings. The molecule has 0 saturated carbocycles. The van der Waals surface area contributed by atoms with E-state index in [1.807, 2.05) is 24.3 Å². The Kier molecular flexibility index (Phi) is 4.09. The number of rotatable bonds is 2. The lowest BCUT2D eigenvalue weighted by Gasteiger charge is -2.26. The Morgan fingerprint density at radius 1 is 1.50 bits per heavy atom. The van der Waals surface area contributed by atoms with Crippen molar-refractivity contribution in [3.8, 4) is 0 Å². The van der Waals surface area contributed by atoms with Crippen molar-refractivity contribution in [1.82, 2.24) is 5.32 Å². The van der Waals surface area contributed by atoms with Gasteiger partial charge in [-0.2, -0.15) is 0 Å². The molecular formula is C13H17ClN2O2. The summed E-state index contributed by atoms with van der Waals surface area (Å²) in [6.07, 6.45) is 0. The topological polar surface area (TPSA) is 52.6 Å². The van der Waals surface area contributed by atoms with Crippen LogP contribution in [0.3, 0.4) is 0 Å². The summed E-state index contributed by atoms with van der Waals surface area (Å²) in [4.78, 5) is 13.2. The van der Waals surface area contributed by atoms with Gasteiger partial charge in [0.15, 0.2) is 0 Å². The van der Waals surface area contributed by atoms with Crippen molar-refractivity contribution >= 4 is 23.3 Å². The second-order valence-electron chi connectivity index (χ2n) is 4.73. The van der Waals surface area contributed by atoms with Crippen LogP contribution in [0.1, 0.15) is 6.92 Å². The van der Waals surface area contributed by atoms with Crippen LogP contribution in [0, 0.1) is 5.92 Å². The monoisotopic (exact) mass is 268 g/mol. The number of benzene rings is 1. The third kappa shape index (κ3) is 3.15. The predicted octanol–water partition coefficient (Wildman–Crippen LogP) is 1.84. The minimum atomic E-state index is -0.761. The zero-order valence-electron chi connectivity index (χ0n) is 10.3. The molecule has 2 N–H and O–H groups in total. The van der Waals surface area contributed by atoms with E-state index in [-0.39, 0.29) is 6.04 Å². The van der Waals surface area contributed by atoms with Gasteiger partial charge in [-0.3, -0.25) is 4.79 Å². The lowest BCUT2D eigenvalue weighted by atomic mass is 10.1. The molecule has 2 unspecified atom stereocenters. The molecule has 0 amide bonds. The van der Waals surface area contributed by atoms with E-state index >= 15 is 0 Å². The van der Waals surface area contributed by atoms with Crippen LogP contribution < -0.4 is 10.2 Å². The number of carbonyl (C=O) groups is 1. The SMILES string of the molecule is CC1CN(c2cccc(Cl)c2)CC(C(=O)O)CN1. The molecule has 1 aromatic rings. The second kappa shape index (κ2) is 5.59. The Morgan fingerprint density at radius 3 is 2.94 bits per heavy atom. The molecule has 18 heavy (non-hydrogen) atoms. The minimum absolute atomic E-state index is 0.258. The molecular weight excluding hydrogens is 252 g/mol. The fourth-order valence-corrected chi connectivity index (χ4v) is 2.38. The lowest BCUT2D eigenvalue weighted by molar-refractivity contribution is -0.141. The molecule has 0 radical (unpaired) electrons. The number of hydrogen-bond donors (Lipinski definition) is 2. The summed E-state index contributed by atoms with van der Waals surface area (Å²) < 4.78 is 0. The normalized spacial score (nSPS) is 24.7. The van der Waals surface area contributed by atoms with E-state index in [1.165, 1.54) is 0 Å². The molecule has 98 valence electrons. The molecule has 2 atom stereocenters. The molecule has 1 aromatic carbocycles. The zero-order valence-corrected chi connectivity index (χ0v) is 11.0. The summed E-state index contributed by atoms with van der Waals surface area (Å²) in [7, 11) is 0. The van der Waals surface area contributed by atoms with Crippen LogP contribution in [0.2, 0.25) is 5.02 Å². The molecule has 1 saturated heterocycles. The average Bonchev–Trinajstić information content (AvgIpc) is 2.51. The number of halogens is 1. The van der Waals surface area contributed by atoms with Crippen LogP contribution in [0.25, 0.3) is 0 Å². The Hall–Kier alpha value is -1.26. The van der Waals surface area contributed by atoms with Crippen molar-refractivity contribution in [3.63, 3.8) is 0 Å². The van der Waals surface area contributed by atoms with Gasteiger partial charge in [-0.05, 0) is 25.1 Å².